The predicted molar refractivity (Wildman–Crippen MR) is 129 cm³/mol. The van der Waals surface area contributed by atoms with Crippen molar-refractivity contribution in [3.05, 3.63) is 59.3 Å². The lowest BCUT2D eigenvalue weighted by molar-refractivity contribution is -0.133. The number of urea groups is 1. The van der Waals surface area contributed by atoms with E-state index in [0.29, 0.717) is 35.1 Å². The number of aromatic hydroxyl groups is 1. The number of nitrogens with zero attached hydrogens (tertiary/aromatic N) is 2. The SMILES string of the molecule is CCNCCCN1C(=O)N2C(c3cccc(O)c3)c3[nH]c4ccc(OC(F)F)cc4c3CC2(C)C1=O. The van der Waals surface area contributed by atoms with E-state index in [2.05, 4.69) is 15.0 Å². The summed E-state index contributed by atoms with van der Waals surface area (Å²) in [5.41, 5.74) is 1.56. The molecule has 0 aliphatic carbocycles. The smallest absolute Gasteiger partial charge is 0.387 e. The van der Waals surface area contributed by atoms with Gasteiger partial charge in [0.05, 0.1) is 0 Å². The Morgan fingerprint density at radius 1 is 1.25 bits per heavy atom. The molecule has 2 unspecified atom stereocenters. The summed E-state index contributed by atoms with van der Waals surface area (Å²) in [6.45, 7) is 2.53. The zero-order valence-electron chi connectivity index (χ0n) is 20.1. The van der Waals surface area contributed by atoms with Crippen molar-refractivity contribution in [2.24, 2.45) is 0 Å². The molecule has 3 N–H and O–H groups in total. The zero-order chi connectivity index (χ0) is 25.6. The Balaban J connectivity index is 1.64. The largest absolute Gasteiger partial charge is 0.508 e. The Kier molecular flexibility index (Phi) is 6.07. The first kappa shape index (κ1) is 24.1. The first-order chi connectivity index (χ1) is 17.2. The highest BCUT2D eigenvalue weighted by Gasteiger charge is 2.60. The molecule has 8 nitrogen and oxygen atoms in total. The van der Waals surface area contributed by atoms with Crippen LogP contribution in [-0.2, 0) is 11.2 Å². The van der Waals surface area contributed by atoms with Crippen LogP contribution < -0.4 is 10.1 Å². The molecule has 2 aliphatic rings. The van der Waals surface area contributed by atoms with Crippen LogP contribution in [0.2, 0.25) is 0 Å². The number of amides is 3. The highest BCUT2D eigenvalue weighted by molar-refractivity contribution is 6.08. The van der Waals surface area contributed by atoms with Gasteiger partial charge in [-0.3, -0.25) is 14.6 Å². The molecule has 5 rings (SSSR count). The zero-order valence-corrected chi connectivity index (χ0v) is 20.1. The van der Waals surface area contributed by atoms with E-state index in [4.69, 9.17) is 0 Å². The maximum absolute atomic E-state index is 13.7. The van der Waals surface area contributed by atoms with Crippen LogP contribution in [0.3, 0.4) is 0 Å². The molecule has 0 bridgehead atoms. The Morgan fingerprint density at radius 3 is 2.78 bits per heavy atom. The van der Waals surface area contributed by atoms with Gasteiger partial charge in [0.1, 0.15) is 23.1 Å². The van der Waals surface area contributed by atoms with Gasteiger partial charge in [-0.15, -0.1) is 0 Å². The van der Waals surface area contributed by atoms with Crippen molar-refractivity contribution in [1.82, 2.24) is 20.1 Å². The molecule has 2 aromatic carbocycles. The molecule has 3 heterocycles. The van der Waals surface area contributed by atoms with Crippen LogP contribution in [-0.4, -0.2) is 63.6 Å². The van der Waals surface area contributed by atoms with Crippen molar-refractivity contribution < 1.29 is 28.2 Å². The number of carbonyl (C=O) groups excluding carboxylic acids is 2. The fraction of sp³-hybridized carbons (Fsp3) is 0.385. The molecule has 10 heteroatoms. The van der Waals surface area contributed by atoms with E-state index in [0.717, 1.165) is 12.1 Å². The third kappa shape index (κ3) is 3.85. The highest BCUT2D eigenvalue weighted by atomic mass is 19.3. The van der Waals surface area contributed by atoms with Crippen LogP contribution in [0.1, 0.15) is 43.1 Å². The number of halogens is 2. The monoisotopic (exact) mass is 498 g/mol. The van der Waals surface area contributed by atoms with Crippen LogP contribution in [0.15, 0.2) is 42.5 Å². The first-order valence-corrected chi connectivity index (χ1v) is 12.0. The van der Waals surface area contributed by atoms with E-state index in [-0.39, 0.29) is 30.4 Å². The topological polar surface area (TPSA) is 97.9 Å². The van der Waals surface area contributed by atoms with Crippen LogP contribution >= 0.6 is 0 Å². The van der Waals surface area contributed by atoms with E-state index in [1.165, 1.54) is 23.1 Å². The number of hydrogen-bond acceptors (Lipinski definition) is 5. The van der Waals surface area contributed by atoms with E-state index >= 15 is 0 Å². The molecular weight excluding hydrogens is 470 g/mol. The summed E-state index contributed by atoms with van der Waals surface area (Å²) >= 11 is 0. The Bertz CT molecular complexity index is 1330. The molecule has 1 saturated heterocycles. The average Bonchev–Trinajstić information content (AvgIpc) is 3.27. The van der Waals surface area contributed by atoms with Crippen molar-refractivity contribution in [2.75, 3.05) is 19.6 Å². The van der Waals surface area contributed by atoms with Crippen molar-refractivity contribution in [3.63, 3.8) is 0 Å². The highest BCUT2D eigenvalue weighted by Crippen LogP contribution is 2.49. The molecule has 1 aromatic heterocycles. The van der Waals surface area contributed by atoms with Gasteiger partial charge in [-0.05, 0) is 67.9 Å². The Labute approximate surface area is 206 Å². The third-order valence-corrected chi connectivity index (χ3v) is 7.03. The number of benzene rings is 2. The maximum atomic E-state index is 13.7. The van der Waals surface area contributed by atoms with Crippen LogP contribution in [0.25, 0.3) is 10.9 Å². The number of aromatic amines is 1. The number of aromatic nitrogens is 1. The van der Waals surface area contributed by atoms with E-state index in [9.17, 15) is 23.5 Å². The Hall–Kier alpha value is -3.66. The van der Waals surface area contributed by atoms with Crippen molar-refractivity contribution in [3.8, 4) is 11.5 Å². The summed E-state index contributed by atoms with van der Waals surface area (Å²) in [5, 5.41) is 14.1. The molecule has 190 valence electrons. The number of ether oxygens (including phenoxy) is 1. The number of imide groups is 1. The number of hydrogen-bond donors (Lipinski definition) is 3. The van der Waals surface area contributed by atoms with Gasteiger partial charge in [-0.2, -0.15) is 8.78 Å². The number of phenols is 1. The molecule has 0 saturated carbocycles. The molecule has 36 heavy (non-hydrogen) atoms. The number of phenolic OH excluding ortho intramolecular Hbond substituents is 1. The van der Waals surface area contributed by atoms with Gasteiger partial charge in [0.25, 0.3) is 5.91 Å². The number of rotatable bonds is 8. The lowest BCUT2D eigenvalue weighted by Crippen LogP contribution is -2.53. The van der Waals surface area contributed by atoms with Gasteiger partial charge in [0.15, 0.2) is 0 Å². The molecular formula is C26H28F2N4O4. The number of H-pyrrole nitrogens is 1. The molecule has 1 fully saturated rings. The van der Waals surface area contributed by atoms with E-state index in [1.54, 1.807) is 36.1 Å². The first-order valence-electron chi connectivity index (χ1n) is 12.0. The Morgan fingerprint density at radius 2 is 2.06 bits per heavy atom. The molecule has 2 aliphatic heterocycles. The quantitative estimate of drug-likeness (QED) is 0.320. The summed E-state index contributed by atoms with van der Waals surface area (Å²) in [6, 6.07) is 10.1. The second-order valence-electron chi connectivity index (χ2n) is 9.37. The summed E-state index contributed by atoms with van der Waals surface area (Å²) < 4.78 is 30.4. The van der Waals surface area contributed by atoms with Crippen LogP contribution in [0, 0.1) is 0 Å². The van der Waals surface area contributed by atoms with Crippen molar-refractivity contribution in [1.29, 1.82) is 0 Å². The van der Waals surface area contributed by atoms with Gasteiger partial charge in [-0.1, -0.05) is 19.1 Å². The number of carbonyl (C=O) groups is 2. The van der Waals surface area contributed by atoms with Gasteiger partial charge in [0, 0.05) is 29.6 Å². The maximum Gasteiger partial charge on any atom is 0.387 e. The molecule has 0 radical (unpaired) electrons. The lowest BCUT2D eigenvalue weighted by Gasteiger charge is -2.42. The average molecular weight is 499 g/mol. The van der Waals surface area contributed by atoms with E-state index < -0.39 is 24.2 Å². The molecule has 3 aromatic rings. The van der Waals surface area contributed by atoms with E-state index in [1.807, 2.05) is 6.92 Å². The minimum absolute atomic E-state index is 0.0136. The number of fused-ring (bicyclic) bond motifs is 4. The second-order valence-corrected chi connectivity index (χ2v) is 9.37. The lowest BCUT2D eigenvalue weighted by atomic mass is 9.81. The molecule has 2 atom stereocenters. The normalized spacial score (nSPS) is 21.4. The second kappa shape index (κ2) is 9.09. The summed E-state index contributed by atoms with van der Waals surface area (Å²) in [6.07, 6.45) is 0.832. The summed E-state index contributed by atoms with van der Waals surface area (Å²) in [7, 11) is 0. The van der Waals surface area contributed by atoms with Gasteiger partial charge >= 0.3 is 12.6 Å². The summed E-state index contributed by atoms with van der Waals surface area (Å²) in [5.74, 6) is -0.251. The number of nitrogens with one attached hydrogen (secondary N) is 2. The van der Waals surface area contributed by atoms with Crippen LogP contribution in [0.5, 0.6) is 11.5 Å². The minimum Gasteiger partial charge on any atom is -0.508 e. The minimum atomic E-state index is -2.96. The van der Waals surface area contributed by atoms with Crippen molar-refractivity contribution >= 4 is 22.8 Å². The van der Waals surface area contributed by atoms with Crippen molar-refractivity contribution in [2.45, 2.75) is 44.9 Å². The molecule has 3 amide bonds. The standard InChI is InChI=1S/C26H28F2N4O4/c1-3-29-10-5-11-31-23(34)26(2)14-19-18-13-17(36-24(27)28)8-9-20(18)30-21(19)22(32(26)25(31)35)15-6-4-7-16(33)12-15/h4,6-9,12-13,22,24,29-30,33H,3,5,10-11,14H2,1-2H3. The fourth-order valence-corrected chi connectivity index (χ4v) is 5.45. The van der Waals surface area contributed by atoms with Crippen LogP contribution in [0.4, 0.5) is 13.6 Å². The van der Waals surface area contributed by atoms with Gasteiger partial charge in [0.2, 0.25) is 0 Å². The van der Waals surface area contributed by atoms with Gasteiger partial charge < -0.3 is 20.1 Å². The third-order valence-electron chi connectivity index (χ3n) is 7.03. The summed E-state index contributed by atoms with van der Waals surface area (Å²) in [4.78, 5) is 33.7. The fourth-order valence-electron chi connectivity index (χ4n) is 5.45. The molecule has 0 spiro atoms. The predicted octanol–water partition coefficient (Wildman–Crippen LogP) is 4.14. The number of alkyl halides is 2. The van der Waals surface area contributed by atoms with Gasteiger partial charge in [-0.25, -0.2) is 4.79 Å².